The number of nitrogens with one attached hydrogen (secondary N) is 2. The predicted molar refractivity (Wildman–Crippen MR) is 142 cm³/mol. The maximum Gasteiger partial charge on any atom is 0.269 e. The monoisotopic (exact) mass is 574 g/mol. The number of nitrogens with zero attached hydrogens (tertiary/aromatic N) is 2. The van der Waals surface area contributed by atoms with Gasteiger partial charge in [0.15, 0.2) is 5.96 Å². The molecule has 3 aromatic carbocycles. The molecule has 0 bridgehead atoms. The van der Waals surface area contributed by atoms with E-state index in [9.17, 15) is 10.1 Å². The number of rotatable bonds is 7. The number of halogens is 1. The standard InChI is InChI=1S/C25H26N4O4.HI/c1-32-21-12-8-19(9-13-21)17-27-25(26-16-18-6-10-20(11-7-18)29(30)31)28-23-14-15-33-24-5-3-2-4-22(23)24;/h2-13,23H,14-17H2,1H3,(H2,26,27,28);1H. The van der Waals surface area contributed by atoms with Gasteiger partial charge in [0, 0.05) is 30.7 Å². The molecule has 0 amide bonds. The molecule has 1 aliphatic rings. The minimum atomic E-state index is -0.400. The normalized spacial score (nSPS) is 14.7. The first-order valence-electron chi connectivity index (χ1n) is 10.8. The Labute approximate surface area is 215 Å². The van der Waals surface area contributed by atoms with Gasteiger partial charge in [0.1, 0.15) is 11.5 Å². The molecule has 0 aromatic heterocycles. The largest absolute Gasteiger partial charge is 0.497 e. The summed E-state index contributed by atoms with van der Waals surface area (Å²) in [7, 11) is 1.64. The number of guanidine groups is 1. The highest BCUT2D eigenvalue weighted by Gasteiger charge is 2.22. The van der Waals surface area contributed by atoms with Crippen molar-refractivity contribution >= 4 is 35.6 Å². The average Bonchev–Trinajstić information content (AvgIpc) is 2.86. The number of fused-ring (bicyclic) bond motifs is 1. The number of benzene rings is 3. The van der Waals surface area contributed by atoms with Crippen LogP contribution in [0.2, 0.25) is 0 Å². The molecule has 4 rings (SSSR count). The molecule has 2 N–H and O–H groups in total. The zero-order valence-corrected chi connectivity index (χ0v) is 21.1. The van der Waals surface area contributed by atoms with Crippen LogP contribution in [0.1, 0.15) is 29.2 Å². The van der Waals surface area contributed by atoms with Crippen LogP contribution in [0.3, 0.4) is 0 Å². The van der Waals surface area contributed by atoms with Gasteiger partial charge in [-0.15, -0.1) is 24.0 Å². The number of hydrogen-bond donors (Lipinski definition) is 2. The van der Waals surface area contributed by atoms with Gasteiger partial charge >= 0.3 is 0 Å². The predicted octanol–water partition coefficient (Wildman–Crippen LogP) is 4.98. The number of nitro benzene ring substituents is 1. The number of non-ortho nitro benzene ring substituents is 1. The summed E-state index contributed by atoms with van der Waals surface area (Å²) >= 11 is 0. The van der Waals surface area contributed by atoms with Crippen LogP contribution in [0.15, 0.2) is 77.8 Å². The number of ether oxygens (including phenoxy) is 2. The Morgan fingerprint density at radius 3 is 2.50 bits per heavy atom. The Balaban J connectivity index is 0.00000324. The van der Waals surface area contributed by atoms with E-state index in [1.54, 1.807) is 19.2 Å². The quantitative estimate of drug-likeness (QED) is 0.136. The molecule has 34 heavy (non-hydrogen) atoms. The molecule has 8 nitrogen and oxygen atoms in total. The van der Waals surface area contributed by atoms with E-state index in [1.165, 1.54) is 12.1 Å². The summed E-state index contributed by atoms with van der Waals surface area (Å²) in [6.07, 6.45) is 0.817. The van der Waals surface area contributed by atoms with Crippen molar-refractivity contribution in [3.63, 3.8) is 0 Å². The molecule has 178 valence electrons. The summed E-state index contributed by atoms with van der Waals surface area (Å²) in [6, 6.07) is 22.4. The van der Waals surface area contributed by atoms with Crippen molar-refractivity contribution in [2.45, 2.75) is 25.6 Å². The van der Waals surface area contributed by atoms with Crippen LogP contribution in [-0.4, -0.2) is 24.6 Å². The molecule has 0 saturated heterocycles. The second-order valence-corrected chi connectivity index (χ2v) is 7.66. The van der Waals surface area contributed by atoms with Gasteiger partial charge in [-0.1, -0.05) is 42.5 Å². The maximum absolute atomic E-state index is 10.9. The first-order valence-corrected chi connectivity index (χ1v) is 10.8. The molecule has 0 fully saturated rings. The SMILES string of the molecule is COc1ccc(CN=C(NCc2ccc([N+](=O)[O-])cc2)NC2CCOc3ccccc32)cc1.I. The molecule has 1 atom stereocenters. The summed E-state index contributed by atoms with van der Waals surface area (Å²) in [6.45, 7) is 1.60. The minimum absolute atomic E-state index is 0. The molecule has 0 aliphatic carbocycles. The van der Waals surface area contributed by atoms with Gasteiger partial charge in [-0.05, 0) is 29.3 Å². The zero-order valence-electron chi connectivity index (χ0n) is 18.8. The van der Waals surface area contributed by atoms with Gasteiger partial charge in [0.25, 0.3) is 5.69 Å². The van der Waals surface area contributed by atoms with Crippen molar-refractivity contribution in [2.75, 3.05) is 13.7 Å². The lowest BCUT2D eigenvalue weighted by atomic mass is 10.0. The third kappa shape index (κ3) is 6.60. The van der Waals surface area contributed by atoms with Crippen LogP contribution in [0.25, 0.3) is 0 Å². The topological polar surface area (TPSA) is 98.0 Å². The summed E-state index contributed by atoms with van der Waals surface area (Å²) in [4.78, 5) is 15.3. The zero-order chi connectivity index (χ0) is 23.0. The van der Waals surface area contributed by atoms with E-state index in [2.05, 4.69) is 16.7 Å². The summed E-state index contributed by atoms with van der Waals surface area (Å²) in [5.41, 5.74) is 3.15. The van der Waals surface area contributed by atoms with Gasteiger partial charge in [-0.2, -0.15) is 0 Å². The van der Waals surface area contributed by atoms with Gasteiger partial charge in [-0.3, -0.25) is 10.1 Å². The van der Waals surface area contributed by atoms with Crippen molar-refractivity contribution in [3.8, 4) is 11.5 Å². The molecule has 9 heteroatoms. The van der Waals surface area contributed by atoms with Crippen LogP contribution in [0.5, 0.6) is 11.5 Å². The highest BCUT2D eigenvalue weighted by atomic mass is 127. The number of para-hydroxylation sites is 1. The number of aliphatic imine (C=N–C) groups is 1. The van der Waals surface area contributed by atoms with Gasteiger partial charge in [0.2, 0.25) is 0 Å². The number of hydrogen-bond acceptors (Lipinski definition) is 5. The Morgan fingerprint density at radius 2 is 1.79 bits per heavy atom. The second kappa shape index (κ2) is 12.2. The third-order valence-corrected chi connectivity index (χ3v) is 5.46. The van der Waals surface area contributed by atoms with E-state index in [-0.39, 0.29) is 35.7 Å². The molecule has 1 aliphatic heterocycles. The van der Waals surface area contributed by atoms with Crippen molar-refractivity contribution in [2.24, 2.45) is 4.99 Å². The molecule has 0 radical (unpaired) electrons. The van der Waals surface area contributed by atoms with E-state index >= 15 is 0 Å². The summed E-state index contributed by atoms with van der Waals surface area (Å²) in [5.74, 6) is 2.34. The van der Waals surface area contributed by atoms with Crippen LogP contribution in [-0.2, 0) is 13.1 Å². The minimum Gasteiger partial charge on any atom is -0.497 e. The highest BCUT2D eigenvalue weighted by molar-refractivity contribution is 14.0. The Morgan fingerprint density at radius 1 is 1.09 bits per heavy atom. The molecule has 0 saturated carbocycles. The first-order chi connectivity index (χ1) is 16.1. The van der Waals surface area contributed by atoms with E-state index in [0.717, 1.165) is 34.6 Å². The fourth-order valence-corrected chi connectivity index (χ4v) is 3.63. The van der Waals surface area contributed by atoms with Crippen LogP contribution >= 0.6 is 24.0 Å². The lowest BCUT2D eigenvalue weighted by Crippen LogP contribution is -2.40. The Bertz CT molecular complexity index is 1120. The molecule has 3 aromatic rings. The van der Waals surface area contributed by atoms with E-state index in [4.69, 9.17) is 14.5 Å². The molecular weight excluding hydrogens is 547 g/mol. The van der Waals surface area contributed by atoms with Crippen LogP contribution < -0.4 is 20.1 Å². The summed E-state index contributed by atoms with van der Waals surface area (Å²) < 4.78 is 11.0. The van der Waals surface area contributed by atoms with E-state index in [1.807, 2.05) is 42.5 Å². The van der Waals surface area contributed by atoms with Gasteiger partial charge in [0.05, 0.1) is 31.2 Å². The van der Waals surface area contributed by atoms with Crippen molar-refractivity contribution in [1.29, 1.82) is 0 Å². The van der Waals surface area contributed by atoms with Crippen molar-refractivity contribution in [3.05, 3.63) is 99.6 Å². The number of methoxy groups -OCH3 is 1. The second-order valence-electron chi connectivity index (χ2n) is 7.66. The van der Waals surface area contributed by atoms with E-state index in [0.29, 0.717) is 25.7 Å². The molecule has 1 unspecified atom stereocenters. The average molecular weight is 574 g/mol. The van der Waals surface area contributed by atoms with Gasteiger partial charge in [-0.25, -0.2) is 4.99 Å². The Kier molecular flexibility index (Phi) is 9.08. The van der Waals surface area contributed by atoms with Gasteiger partial charge < -0.3 is 20.1 Å². The lowest BCUT2D eigenvalue weighted by Gasteiger charge is -2.28. The molecule has 0 spiro atoms. The van der Waals surface area contributed by atoms with Crippen molar-refractivity contribution in [1.82, 2.24) is 10.6 Å². The van der Waals surface area contributed by atoms with Crippen LogP contribution in [0, 0.1) is 10.1 Å². The van der Waals surface area contributed by atoms with E-state index < -0.39 is 4.92 Å². The maximum atomic E-state index is 10.9. The third-order valence-electron chi connectivity index (χ3n) is 5.46. The molecular formula is C25H27IN4O4. The fourth-order valence-electron chi connectivity index (χ4n) is 3.63. The fraction of sp³-hybridized carbons (Fsp3) is 0.240. The smallest absolute Gasteiger partial charge is 0.269 e. The summed E-state index contributed by atoms with van der Waals surface area (Å²) in [5, 5.41) is 17.8. The Hall–Kier alpha value is -3.34. The molecule has 1 heterocycles. The highest BCUT2D eigenvalue weighted by Crippen LogP contribution is 2.31. The lowest BCUT2D eigenvalue weighted by molar-refractivity contribution is -0.384. The van der Waals surface area contributed by atoms with Crippen LogP contribution in [0.4, 0.5) is 5.69 Å². The number of nitro groups is 1. The first kappa shape index (κ1) is 25.3. The van der Waals surface area contributed by atoms with Crippen molar-refractivity contribution < 1.29 is 14.4 Å².